The monoisotopic (exact) mass is 471 g/mol. The van der Waals surface area contributed by atoms with E-state index in [1.165, 1.54) is 21.9 Å². The Bertz CT molecular complexity index is 1240. The third-order valence-corrected chi connectivity index (χ3v) is 6.89. The second-order valence-electron chi connectivity index (χ2n) is 9.44. The Morgan fingerprint density at radius 1 is 1.23 bits per heavy atom. The van der Waals surface area contributed by atoms with E-state index in [1.807, 2.05) is 10.9 Å². The number of carbonyl (C=O) groups excluding carboxylic acids is 1. The Balaban J connectivity index is 1.24. The maximum absolute atomic E-state index is 11.4. The van der Waals surface area contributed by atoms with Crippen molar-refractivity contribution in [2.75, 3.05) is 13.1 Å². The molecule has 1 saturated heterocycles. The normalized spacial score (nSPS) is 20.4. The van der Waals surface area contributed by atoms with Gasteiger partial charge in [0.2, 0.25) is 5.91 Å². The van der Waals surface area contributed by atoms with Crippen molar-refractivity contribution >= 4 is 16.7 Å². The Morgan fingerprint density at radius 3 is 3.00 bits per heavy atom. The number of amides is 1. The number of nitrogens with one attached hydrogen (secondary N) is 2. The molecule has 2 N–H and O–H groups in total. The van der Waals surface area contributed by atoms with Crippen molar-refractivity contribution in [1.29, 1.82) is 0 Å². The summed E-state index contributed by atoms with van der Waals surface area (Å²) in [6.07, 6.45) is 9.99. The second kappa shape index (κ2) is 11.0. The number of piperidine rings is 1. The van der Waals surface area contributed by atoms with E-state index >= 15 is 0 Å². The highest BCUT2D eigenvalue weighted by molar-refractivity contribution is 5.82. The smallest absolute Gasteiger partial charge is 0.221 e. The molecule has 1 aliphatic carbocycles. The lowest BCUT2D eigenvalue weighted by Crippen LogP contribution is -2.41. The molecule has 1 aliphatic heterocycles. The van der Waals surface area contributed by atoms with E-state index in [9.17, 15) is 4.79 Å². The van der Waals surface area contributed by atoms with Crippen molar-refractivity contribution in [1.82, 2.24) is 25.6 Å². The average molecular weight is 472 g/mol. The quantitative estimate of drug-likeness (QED) is 0.514. The van der Waals surface area contributed by atoms with Gasteiger partial charge in [-0.05, 0) is 60.7 Å². The number of nitrogens with zero attached hydrogens (tertiary/aromatic N) is 3. The number of hydrogen-bond donors (Lipinski definition) is 2. The highest BCUT2D eigenvalue weighted by Gasteiger charge is 2.30. The molecular weight excluding hydrogens is 438 g/mol. The second-order valence-corrected chi connectivity index (χ2v) is 9.44. The molecule has 35 heavy (non-hydrogen) atoms. The molecule has 182 valence electrons. The largest absolute Gasteiger partial charge is 0.372 e. The molecule has 7 nitrogen and oxygen atoms in total. The highest BCUT2D eigenvalue weighted by Crippen LogP contribution is 2.29. The van der Waals surface area contributed by atoms with Crippen LogP contribution in [0.3, 0.4) is 0 Å². The molecule has 5 rings (SSSR count). The van der Waals surface area contributed by atoms with Crippen molar-refractivity contribution in [2.45, 2.75) is 57.8 Å². The average Bonchev–Trinajstić information content (AvgIpc) is 3.34. The van der Waals surface area contributed by atoms with Gasteiger partial charge in [0, 0.05) is 31.6 Å². The van der Waals surface area contributed by atoms with Crippen molar-refractivity contribution in [3.8, 4) is 0 Å². The van der Waals surface area contributed by atoms with E-state index in [0.29, 0.717) is 6.61 Å². The minimum atomic E-state index is -0.0343. The Hall–Kier alpha value is -3.29. The number of fused-ring (bicyclic) bond motifs is 1. The van der Waals surface area contributed by atoms with Gasteiger partial charge in [-0.3, -0.25) is 4.79 Å². The molecule has 2 heterocycles. The van der Waals surface area contributed by atoms with Gasteiger partial charge in [-0.15, -0.1) is 5.10 Å². The summed E-state index contributed by atoms with van der Waals surface area (Å²) in [4.78, 5) is 11.4. The van der Waals surface area contributed by atoms with E-state index in [4.69, 9.17) is 4.74 Å². The van der Waals surface area contributed by atoms with Gasteiger partial charge in [0.25, 0.3) is 0 Å². The zero-order valence-corrected chi connectivity index (χ0v) is 20.2. The first-order chi connectivity index (χ1) is 17.2. The fraction of sp³-hybridized carbons (Fsp3) is 0.393. The standard InChI is InChI=1S/C28H33N5O2/c1-20(34)31-25-8-4-5-21(16-25)12-14-33-27(17-30-32-33)26-11-13-29-18-28(26)35-19-22-9-10-23-6-2-3-7-24(23)15-22/h2-3,6-10,15-17,26,28-29H,4-5,11-14,18-19H2,1H3,(H,31,34)/t26-,28+/m1/s1. The van der Waals surface area contributed by atoms with Crippen molar-refractivity contribution in [3.05, 3.63) is 83.3 Å². The summed E-state index contributed by atoms with van der Waals surface area (Å²) in [6.45, 7) is 4.68. The van der Waals surface area contributed by atoms with Crippen molar-refractivity contribution in [2.24, 2.45) is 0 Å². The number of benzene rings is 2. The molecule has 0 bridgehead atoms. The van der Waals surface area contributed by atoms with Crippen LogP contribution < -0.4 is 10.6 Å². The minimum absolute atomic E-state index is 0.0343. The van der Waals surface area contributed by atoms with Crippen LogP contribution in [0.15, 0.2) is 72.1 Å². The summed E-state index contributed by atoms with van der Waals surface area (Å²) >= 11 is 0. The third-order valence-electron chi connectivity index (χ3n) is 6.89. The summed E-state index contributed by atoms with van der Waals surface area (Å²) in [6, 6.07) is 14.9. The zero-order valence-electron chi connectivity index (χ0n) is 20.2. The van der Waals surface area contributed by atoms with Crippen LogP contribution >= 0.6 is 0 Å². The first-order valence-electron chi connectivity index (χ1n) is 12.5. The van der Waals surface area contributed by atoms with Crippen LogP contribution in [0.2, 0.25) is 0 Å². The van der Waals surface area contributed by atoms with Gasteiger partial charge in [0.1, 0.15) is 0 Å². The summed E-state index contributed by atoms with van der Waals surface area (Å²) in [5.74, 6) is 0.217. The van der Waals surface area contributed by atoms with E-state index < -0.39 is 0 Å². The maximum Gasteiger partial charge on any atom is 0.221 e. The molecule has 2 aliphatic rings. The van der Waals surface area contributed by atoms with E-state index in [2.05, 4.69) is 75.6 Å². The predicted octanol–water partition coefficient (Wildman–Crippen LogP) is 4.22. The zero-order chi connectivity index (χ0) is 24.0. The molecule has 2 aromatic carbocycles. The molecule has 1 amide bonds. The van der Waals surface area contributed by atoms with Crippen LogP contribution in [0.4, 0.5) is 0 Å². The summed E-state index contributed by atoms with van der Waals surface area (Å²) < 4.78 is 8.51. The number of hydrogen-bond acceptors (Lipinski definition) is 5. The molecule has 0 spiro atoms. The summed E-state index contributed by atoms with van der Waals surface area (Å²) in [7, 11) is 0. The van der Waals surface area contributed by atoms with Crippen molar-refractivity contribution in [3.63, 3.8) is 0 Å². The number of aryl methyl sites for hydroxylation is 1. The minimum Gasteiger partial charge on any atom is -0.372 e. The fourth-order valence-electron chi connectivity index (χ4n) is 5.10. The summed E-state index contributed by atoms with van der Waals surface area (Å²) in [5.41, 5.74) is 4.56. The Kier molecular flexibility index (Phi) is 7.35. The van der Waals surface area contributed by atoms with Crippen LogP contribution in [-0.2, 0) is 22.7 Å². The Labute approximate surface area is 206 Å². The van der Waals surface area contributed by atoms with Crippen LogP contribution in [0.1, 0.15) is 49.8 Å². The number of aromatic nitrogens is 3. The van der Waals surface area contributed by atoms with Crippen LogP contribution in [0, 0.1) is 0 Å². The van der Waals surface area contributed by atoms with E-state index in [-0.39, 0.29) is 17.9 Å². The van der Waals surface area contributed by atoms with Gasteiger partial charge in [-0.2, -0.15) is 0 Å². The van der Waals surface area contributed by atoms with Crippen LogP contribution in [0.25, 0.3) is 10.8 Å². The molecule has 0 radical (unpaired) electrons. The van der Waals surface area contributed by atoms with E-state index in [1.54, 1.807) is 6.92 Å². The number of ether oxygens (including phenoxy) is 1. The molecule has 0 saturated carbocycles. The van der Waals surface area contributed by atoms with Crippen LogP contribution in [0.5, 0.6) is 0 Å². The van der Waals surface area contributed by atoms with Gasteiger partial charge in [0.05, 0.1) is 24.6 Å². The molecule has 0 unspecified atom stereocenters. The first kappa shape index (κ1) is 23.5. The number of rotatable bonds is 8. The number of carbonyl (C=O) groups is 1. The maximum atomic E-state index is 11.4. The number of allylic oxidation sites excluding steroid dienone is 3. The lowest BCUT2D eigenvalue weighted by Gasteiger charge is -2.32. The van der Waals surface area contributed by atoms with Gasteiger partial charge >= 0.3 is 0 Å². The van der Waals surface area contributed by atoms with Gasteiger partial charge in [0.15, 0.2) is 0 Å². The third kappa shape index (κ3) is 5.86. The highest BCUT2D eigenvalue weighted by atomic mass is 16.5. The SMILES string of the molecule is CC(=O)NC1=CCCC(CCn2nncc2[C@H]2CCNC[C@@H]2OCc2ccc3ccccc3c2)=C1. The summed E-state index contributed by atoms with van der Waals surface area (Å²) in [5, 5.41) is 17.5. The topological polar surface area (TPSA) is 81.1 Å². The fourth-order valence-corrected chi connectivity index (χ4v) is 5.10. The van der Waals surface area contributed by atoms with Crippen LogP contribution in [-0.4, -0.2) is 40.1 Å². The predicted molar refractivity (Wildman–Crippen MR) is 137 cm³/mol. The molecule has 7 heteroatoms. The molecule has 1 fully saturated rings. The molecular formula is C28H33N5O2. The van der Waals surface area contributed by atoms with E-state index in [0.717, 1.165) is 56.7 Å². The van der Waals surface area contributed by atoms with Gasteiger partial charge in [-0.1, -0.05) is 53.3 Å². The lowest BCUT2D eigenvalue weighted by atomic mass is 9.91. The van der Waals surface area contributed by atoms with Gasteiger partial charge in [-0.25, -0.2) is 4.68 Å². The lowest BCUT2D eigenvalue weighted by molar-refractivity contribution is -0.118. The molecule has 3 aromatic rings. The molecule has 1 aromatic heterocycles. The van der Waals surface area contributed by atoms with Gasteiger partial charge < -0.3 is 15.4 Å². The van der Waals surface area contributed by atoms with Crippen molar-refractivity contribution < 1.29 is 9.53 Å². The molecule has 2 atom stereocenters. The first-order valence-corrected chi connectivity index (χ1v) is 12.5. The Morgan fingerprint density at radius 2 is 2.11 bits per heavy atom.